The minimum Gasteiger partial charge on any atom is -0.371 e. The van der Waals surface area contributed by atoms with Gasteiger partial charge in [-0.1, -0.05) is 41.9 Å². The molecule has 3 rings (SSSR count). The lowest BCUT2D eigenvalue weighted by atomic mass is 10.0. The predicted octanol–water partition coefficient (Wildman–Crippen LogP) is 3.66. The van der Waals surface area contributed by atoms with Crippen molar-refractivity contribution in [3.63, 3.8) is 0 Å². The first-order chi connectivity index (χ1) is 10.3. The molecule has 0 radical (unpaired) electrons. The second kappa shape index (κ2) is 6.50. The smallest absolute Gasteiger partial charge is 0.0471 e. The lowest BCUT2D eigenvalue weighted by molar-refractivity contribution is 0.800. The van der Waals surface area contributed by atoms with Gasteiger partial charge in [0.1, 0.15) is 0 Å². The Kier molecular flexibility index (Phi) is 4.47. The highest BCUT2D eigenvalue weighted by Gasteiger charge is 2.14. The van der Waals surface area contributed by atoms with Gasteiger partial charge in [-0.15, -0.1) is 0 Å². The van der Waals surface area contributed by atoms with E-state index in [0.717, 1.165) is 43.1 Å². The molecular formula is C18H21ClN2. The number of fused-ring (bicyclic) bond motifs is 1. The Balaban J connectivity index is 1.78. The van der Waals surface area contributed by atoms with Crippen LogP contribution in [0, 0.1) is 0 Å². The molecule has 0 aliphatic carbocycles. The zero-order valence-corrected chi connectivity index (χ0v) is 13.2. The summed E-state index contributed by atoms with van der Waals surface area (Å²) in [4.78, 5) is 2.44. The summed E-state index contributed by atoms with van der Waals surface area (Å²) in [6.45, 7) is 2.92. The third-order valence-electron chi connectivity index (χ3n) is 4.19. The number of rotatable bonds is 3. The lowest BCUT2D eigenvalue weighted by Gasteiger charge is -2.23. The molecule has 3 heteroatoms. The van der Waals surface area contributed by atoms with Gasteiger partial charge in [-0.25, -0.2) is 0 Å². The molecule has 1 heterocycles. The van der Waals surface area contributed by atoms with Crippen molar-refractivity contribution in [3.05, 3.63) is 64.2 Å². The van der Waals surface area contributed by atoms with E-state index in [1.54, 1.807) is 0 Å². The van der Waals surface area contributed by atoms with Crippen LogP contribution in [0.4, 0.5) is 5.69 Å². The number of hydrogen-bond acceptors (Lipinski definition) is 2. The van der Waals surface area contributed by atoms with Gasteiger partial charge in [0.05, 0.1) is 0 Å². The van der Waals surface area contributed by atoms with Crippen LogP contribution >= 0.6 is 11.6 Å². The molecule has 0 atom stereocenters. The summed E-state index contributed by atoms with van der Waals surface area (Å²) in [7, 11) is 1.94. The van der Waals surface area contributed by atoms with Gasteiger partial charge in [-0.2, -0.15) is 0 Å². The number of anilines is 1. The third kappa shape index (κ3) is 3.22. The fraction of sp³-hybridized carbons (Fsp3) is 0.333. The summed E-state index contributed by atoms with van der Waals surface area (Å²) in [5, 5.41) is 4.00. The average Bonchev–Trinajstić information content (AvgIpc) is 2.72. The molecule has 0 saturated carbocycles. The molecule has 0 fully saturated rings. The number of halogens is 1. The van der Waals surface area contributed by atoms with E-state index in [9.17, 15) is 0 Å². The Morgan fingerprint density at radius 2 is 1.71 bits per heavy atom. The van der Waals surface area contributed by atoms with E-state index < -0.39 is 0 Å². The largest absolute Gasteiger partial charge is 0.371 e. The molecular weight excluding hydrogens is 280 g/mol. The Bertz CT molecular complexity index is 597. The van der Waals surface area contributed by atoms with Gasteiger partial charge < -0.3 is 10.2 Å². The minimum absolute atomic E-state index is 0.810. The standard InChI is InChI=1S/C18H21ClN2/c1-20-13-16-6-7-17(12-18(16)19)21-10-8-14-4-2-3-5-15(14)9-11-21/h2-7,12,20H,8-11,13H2,1H3. The van der Waals surface area contributed by atoms with Crippen molar-refractivity contribution in [2.75, 3.05) is 25.0 Å². The molecule has 0 aromatic heterocycles. The maximum absolute atomic E-state index is 6.39. The van der Waals surface area contributed by atoms with Crippen LogP contribution in [0.3, 0.4) is 0 Å². The second-order valence-electron chi connectivity index (χ2n) is 5.56. The summed E-state index contributed by atoms with van der Waals surface area (Å²) in [5.41, 5.74) is 5.35. The first kappa shape index (κ1) is 14.4. The van der Waals surface area contributed by atoms with Crippen LogP contribution in [-0.2, 0) is 19.4 Å². The van der Waals surface area contributed by atoms with Crippen LogP contribution < -0.4 is 10.2 Å². The molecule has 110 valence electrons. The SMILES string of the molecule is CNCc1ccc(N2CCc3ccccc3CC2)cc1Cl. The monoisotopic (exact) mass is 300 g/mol. The lowest BCUT2D eigenvalue weighted by Crippen LogP contribution is -2.26. The van der Waals surface area contributed by atoms with Gasteiger partial charge >= 0.3 is 0 Å². The molecule has 2 nitrogen and oxygen atoms in total. The summed E-state index contributed by atoms with van der Waals surface area (Å²) < 4.78 is 0. The maximum Gasteiger partial charge on any atom is 0.0471 e. The van der Waals surface area contributed by atoms with E-state index in [1.807, 2.05) is 7.05 Å². The van der Waals surface area contributed by atoms with Gasteiger partial charge in [0.25, 0.3) is 0 Å². The molecule has 0 unspecified atom stereocenters. The van der Waals surface area contributed by atoms with Crippen LogP contribution in [0.15, 0.2) is 42.5 Å². The molecule has 1 aliphatic heterocycles. The number of hydrogen-bond donors (Lipinski definition) is 1. The number of nitrogens with one attached hydrogen (secondary N) is 1. The van der Waals surface area contributed by atoms with Crippen LogP contribution in [0.2, 0.25) is 5.02 Å². The Morgan fingerprint density at radius 3 is 2.29 bits per heavy atom. The second-order valence-corrected chi connectivity index (χ2v) is 5.97. The van der Waals surface area contributed by atoms with E-state index in [-0.39, 0.29) is 0 Å². The Hall–Kier alpha value is -1.51. The van der Waals surface area contributed by atoms with E-state index in [0.29, 0.717) is 0 Å². The molecule has 0 bridgehead atoms. The molecule has 2 aromatic rings. The van der Waals surface area contributed by atoms with Crippen LogP contribution in [-0.4, -0.2) is 20.1 Å². The number of nitrogens with zero attached hydrogens (tertiary/aromatic N) is 1. The van der Waals surface area contributed by atoms with Gasteiger partial charge in [0.15, 0.2) is 0 Å². The van der Waals surface area contributed by atoms with Gasteiger partial charge in [-0.3, -0.25) is 0 Å². The fourth-order valence-corrected chi connectivity index (χ4v) is 3.23. The first-order valence-electron chi connectivity index (χ1n) is 7.52. The normalized spacial score (nSPS) is 14.7. The van der Waals surface area contributed by atoms with E-state index in [4.69, 9.17) is 11.6 Å². The highest BCUT2D eigenvalue weighted by atomic mass is 35.5. The van der Waals surface area contributed by atoms with Crippen molar-refractivity contribution < 1.29 is 0 Å². The van der Waals surface area contributed by atoms with E-state index in [2.05, 4.69) is 52.7 Å². The van der Waals surface area contributed by atoms with Gasteiger partial charge in [-0.05, 0) is 48.7 Å². The predicted molar refractivity (Wildman–Crippen MR) is 90.3 cm³/mol. The maximum atomic E-state index is 6.39. The van der Waals surface area contributed by atoms with Crippen molar-refractivity contribution in [2.24, 2.45) is 0 Å². The molecule has 0 amide bonds. The summed E-state index contributed by atoms with van der Waals surface area (Å²) >= 11 is 6.39. The molecule has 0 saturated heterocycles. The van der Waals surface area contributed by atoms with E-state index >= 15 is 0 Å². The van der Waals surface area contributed by atoms with Gasteiger partial charge in [0, 0.05) is 30.3 Å². The highest BCUT2D eigenvalue weighted by Crippen LogP contribution is 2.26. The first-order valence-corrected chi connectivity index (χ1v) is 7.90. The fourth-order valence-electron chi connectivity index (χ4n) is 2.99. The average molecular weight is 301 g/mol. The van der Waals surface area contributed by atoms with Crippen molar-refractivity contribution in [3.8, 4) is 0 Å². The molecule has 21 heavy (non-hydrogen) atoms. The Labute approximate surface area is 131 Å². The number of benzene rings is 2. The molecule has 2 aromatic carbocycles. The highest BCUT2D eigenvalue weighted by molar-refractivity contribution is 6.31. The topological polar surface area (TPSA) is 15.3 Å². The van der Waals surface area contributed by atoms with Gasteiger partial charge in [0.2, 0.25) is 0 Å². The minimum atomic E-state index is 0.810. The van der Waals surface area contributed by atoms with Crippen molar-refractivity contribution >= 4 is 17.3 Å². The summed E-state index contributed by atoms with van der Waals surface area (Å²) in [6.07, 6.45) is 2.21. The molecule has 1 N–H and O–H groups in total. The van der Waals surface area contributed by atoms with Crippen molar-refractivity contribution in [1.29, 1.82) is 0 Å². The third-order valence-corrected chi connectivity index (χ3v) is 4.54. The quantitative estimate of drug-likeness (QED) is 0.930. The Morgan fingerprint density at radius 1 is 1.05 bits per heavy atom. The van der Waals surface area contributed by atoms with Crippen LogP contribution in [0.5, 0.6) is 0 Å². The zero-order valence-electron chi connectivity index (χ0n) is 12.4. The summed E-state index contributed by atoms with van der Waals surface area (Å²) in [5.74, 6) is 0. The van der Waals surface area contributed by atoms with Crippen LogP contribution in [0.25, 0.3) is 0 Å². The van der Waals surface area contributed by atoms with Crippen LogP contribution in [0.1, 0.15) is 16.7 Å². The molecule has 1 aliphatic rings. The molecule has 0 spiro atoms. The van der Waals surface area contributed by atoms with E-state index in [1.165, 1.54) is 16.8 Å². The zero-order chi connectivity index (χ0) is 14.7. The van der Waals surface area contributed by atoms with Crippen molar-refractivity contribution in [2.45, 2.75) is 19.4 Å². The van der Waals surface area contributed by atoms with Crippen molar-refractivity contribution in [1.82, 2.24) is 5.32 Å². The summed E-state index contributed by atoms with van der Waals surface area (Å²) in [6, 6.07) is 15.2.